The van der Waals surface area contributed by atoms with E-state index in [9.17, 15) is 0 Å². The predicted octanol–water partition coefficient (Wildman–Crippen LogP) is 4.41. The number of ether oxygens (including phenoxy) is 6. The quantitative estimate of drug-likeness (QED) is 0.658. The van der Waals surface area contributed by atoms with E-state index in [0.29, 0.717) is 17.2 Å². The first-order chi connectivity index (χ1) is 15.7. The van der Waals surface area contributed by atoms with Crippen LogP contribution >= 0.6 is 0 Å². The van der Waals surface area contributed by atoms with Crippen molar-refractivity contribution in [1.29, 1.82) is 0 Å². The van der Waals surface area contributed by atoms with Crippen LogP contribution in [-0.2, 0) is 0 Å². The molecule has 0 spiro atoms. The molecule has 32 heavy (non-hydrogen) atoms. The van der Waals surface area contributed by atoms with Crippen LogP contribution in [0.2, 0.25) is 0 Å². The fraction of sp³-hybridized carbons (Fsp3) is 0.520. The molecule has 7 heteroatoms. The van der Waals surface area contributed by atoms with Gasteiger partial charge in [0.25, 0.3) is 0 Å². The topological polar surface area (TPSA) is 58.6 Å². The Morgan fingerprint density at radius 3 is 2.12 bits per heavy atom. The molecule has 3 aliphatic heterocycles. The molecule has 1 fully saturated rings. The molecule has 3 aliphatic rings. The lowest BCUT2D eigenvalue weighted by Gasteiger charge is -2.43. The Hall–Kier alpha value is -2.80. The number of methoxy groups -OCH3 is 3. The minimum Gasteiger partial charge on any atom is -0.493 e. The van der Waals surface area contributed by atoms with Gasteiger partial charge in [-0.05, 0) is 43.0 Å². The Labute approximate surface area is 189 Å². The van der Waals surface area contributed by atoms with Gasteiger partial charge in [0.2, 0.25) is 12.5 Å². The molecule has 7 nitrogen and oxygen atoms in total. The molecule has 0 unspecified atom stereocenters. The number of benzene rings is 2. The maximum atomic E-state index is 6.66. The summed E-state index contributed by atoms with van der Waals surface area (Å²) in [6.45, 7) is 4.59. The van der Waals surface area contributed by atoms with Crippen molar-refractivity contribution < 1.29 is 28.4 Å². The lowest BCUT2D eigenvalue weighted by molar-refractivity contribution is -0.0257. The molecule has 0 amide bonds. The van der Waals surface area contributed by atoms with Crippen molar-refractivity contribution in [2.45, 2.75) is 38.3 Å². The zero-order valence-electron chi connectivity index (χ0n) is 19.2. The molecule has 0 saturated carbocycles. The van der Waals surface area contributed by atoms with Crippen molar-refractivity contribution in [3.8, 4) is 34.5 Å². The number of fused-ring (bicyclic) bond motifs is 2. The highest BCUT2D eigenvalue weighted by atomic mass is 16.7. The van der Waals surface area contributed by atoms with Crippen molar-refractivity contribution in [3.63, 3.8) is 0 Å². The molecule has 3 atom stereocenters. The fourth-order valence-corrected chi connectivity index (χ4v) is 5.38. The van der Waals surface area contributed by atoms with Gasteiger partial charge in [0, 0.05) is 36.6 Å². The summed E-state index contributed by atoms with van der Waals surface area (Å²) in [5.41, 5.74) is 2.21. The molecule has 172 valence electrons. The largest absolute Gasteiger partial charge is 0.493 e. The Morgan fingerprint density at radius 2 is 1.53 bits per heavy atom. The van der Waals surface area contributed by atoms with E-state index in [1.54, 1.807) is 21.3 Å². The fourth-order valence-electron chi connectivity index (χ4n) is 5.38. The SMILES string of the molecule is CC[C@H]1[C@@H](c2cc(OC)c(OC)c(OC)c2)c2cc3c(cc2O[C@@H]1N1CCCC1)OCO3. The summed E-state index contributed by atoms with van der Waals surface area (Å²) in [5, 5.41) is 0. The molecule has 2 aromatic carbocycles. The Morgan fingerprint density at radius 1 is 0.875 bits per heavy atom. The highest BCUT2D eigenvalue weighted by molar-refractivity contribution is 5.60. The highest BCUT2D eigenvalue weighted by Crippen LogP contribution is 2.52. The van der Waals surface area contributed by atoms with Gasteiger partial charge in [-0.3, -0.25) is 4.90 Å². The van der Waals surface area contributed by atoms with Gasteiger partial charge in [0.05, 0.1) is 21.3 Å². The van der Waals surface area contributed by atoms with Crippen LogP contribution < -0.4 is 28.4 Å². The minimum absolute atomic E-state index is 0.000497. The summed E-state index contributed by atoms with van der Waals surface area (Å²) in [6, 6.07) is 8.19. The highest BCUT2D eigenvalue weighted by Gasteiger charge is 2.43. The van der Waals surface area contributed by atoms with Crippen LogP contribution in [0.4, 0.5) is 0 Å². The average Bonchev–Trinajstić information content (AvgIpc) is 3.52. The molecule has 0 aromatic heterocycles. The van der Waals surface area contributed by atoms with E-state index < -0.39 is 0 Å². The third-order valence-corrected chi connectivity index (χ3v) is 6.90. The summed E-state index contributed by atoms with van der Waals surface area (Å²) < 4.78 is 34.9. The zero-order valence-corrected chi connectivity index (χ0v) is 19.2. The molecular weight excluding hydrogens is 410 g/mol. The van der Waals surface area contributed by atoms with Crippen molar-refractivity contribution in [1.82, 2.24) is 4.90 Å². The van der Waals surface area contributed by atoms with E-state index in [0.717, 1.165) is 47.9 Å². The second kappa shape index (κ2) is 8.62. The number of nitrogens with zero attached hydrogens (tertiary/aromatic N) is 1. The molecule has 1 saturated heterocycles. The van der Waals surface area contributed by atoms with E-state index in [4.69, 9.17) is 28.4 Å². The van der Waals surface area contributed by atoms with Gasteiger partial charge in [-0.2, -0.15) is 0 Å². The second-order valence-electron chi connectivity index (χ2n) is 8.50. The monoisotopic (exact) mass is 441 g/mol. The number of rotatable bonds is 6. The first-order valence-corrected chi connectivity index (χ1v) is 11.3. The maximum absolute atomic E-state index is 6.66. The lowest BCUT2D eigenvalue weighted by Crippen LogP contribution is -2.47. The van der Waals surface area contributed by atoms with Gasteiger partial charge in [-0.15, -0.1) is 0 Å². The molecule has 0 aliphatic carbocycles. The molecule has 2 aromatic rings. The van der Waals surface area contributed by atoms with Crippen LogP contribution in [0.15, 0.2) is 24.3 Å². The zero-order chi connectivity index (χ0) is 22.2. The summed E-state index contributed by atoms with van der Waals surface area (Å²) in [4.78, 5) is 2.48. The molecular formula is C25H31NO6. The van der Waals surface area contributed by atoms with Crippen molar-refractivity contribution in [2.75, 3.05) is 41.2 Å². The van der Waals surface area contributed by atoms with Gasteiger partial charge in [0.15, 0.2) is 29.2 Å². The molecule has 0 bridgehead atoms. The Bertz CT molecular complexity index is 962. The minimum atomic E-state index is -0.000497. The number of hydrogen-bond acceptors (Lipinski definition) is 7. The van der Waals surface area contributed by atoms with E-state index in [1.807, 2.05) is 6.07 Å². The van der Waals surface area contributed by atoms with Crippen LogP contribution in [0.25, 0.3) is 0 Å². The first kappa shape index (κ1) is 21.1. The molecule has 0 radical (unpaired) electrons. The summed E-state index contributed by atoms with van der Waals surface area (Å²) >= 11 is 0. The van der Waals surface area contributed by atoms with E-state index >= 15 is 0 Å². The number of hydrogen-bond donors (Lipinski definition) is 0. The normalized spacial score (nSPS) is 24.1. The van der Waals surface area contributed by atoms with Gasteiger partial charge in [-0.1, -0.05) is 6.92 Å². The van der Waals surface area contributed by atoms with Crippen LogP contribution in [0.1, 0.15) is 43.2 Å². The van der Waals surface area contributed by atoms with Gasteiger partial charge < -0.3 is 28.4 Å². The second-order valence-corrected chi connectivity index (χ2v) is 8.50. The van der Waals surface area contributed by atoms with Crippen LogP contribution in [0, 0.1) is 5.92 Å². The van der Waals surface area contributed by atoms with Crippen molar-refractivity contribution >= 4 is 0 Å². The van der Waals surface area contributed by atoms with E-state index in [1.165, 1.54) is 12.8 Å². The first-order valence-electron chi connectivity index (χ1n) is 11.3. The van der Waals surface area contributed by atoms with Crippen molar-refractivity contribution in [2.24, 2.45) is 5.92 Å². The van der Waals surface area contributed by atoms with Gasteiger partial charge in [-0.25, -0.2) is 0 Å². The van der Waals surface area contributed by atoms with E-state index in [2.05, 4.69) is 30.0 Å². The number of likely N-dealkylation sites (tertiary alicyclic amines) is 1. The Balaban J connectivity index is 1.68. The van der Waals surface area contributed by atoms with Crippen LogP contribution in [-0.4, -0.2) is 52.3 Å². The third kappa shape index (κ3) is 3.39. The van der Waals surface area contributed by atoms with Crippen LogP contribution in [0.3, 0.4) is 0 Å². The van der Waals surface area contributed by atoms with E-state index in [-0.39, 0.29) is 24.9 Å². The Kier molecular flexibility index (Phi) is 5.67. The lowest BCUT2D eigenvalue weighted by atomic mass is 9.75. The summed E-state index contributed by atoms with van der Waals surface area (Å²) in [6.07, 6.45) is 3.38. The molecule has 5 rings (SSSR count). The van der Waals surface area contributed by atoms with Gasteiger partial charge in [0.1, 0.15) is 5.75 Å². The molecule has 3 heterocycles. The molecule has 0 N–H and O–H groups in total. The summed E-state index contributed by atoms with van der Waals surface area (Å²) in [7, 11) is 4.94. The average molecular weight is 442 g/mol. The van der Waals surface area contributed by atoms with Crippen LogP contribution in [0.5, 0.6) is 34.5 Å². The standard InChI is InChI=1S/C25H31NO6/c1-5-16-23(15-10-21(27-2)24(29-4)22(11-15)28-3)17-12-19-20(31-14-30-19)13-18(17)32-25(16)26-8-6-7-9-26/h10-13,16,23,25H,5-9,14H2,1-4H3/t16-,23+,25-/m0/s1. The third-order valence-electron chi connectivity index (χ3n) is 6.90. The van der Waals surface area contributed by atoms with Gasteiger partial charge >= 0.3 is 0 Å². The maximum Gasteiger partial charge on any atom is 0.231 e. The van der Waals surface area contributed by atoms with Crippen molar-refractivity contribution in [3.05, 3.63) is 35.4 Å². The smallest absolute Gasteiger partial charge is 0.231 e. The predicted molar refractivity (Wildman–Crippen MR) is 120 cm³/mol. The summed E-state index contributed by atoms with van der Waals surface area (Å²) in [5.74, 6) is 4.60.